The summed E-state index contributed by atoms with van der Waals surface area (Å²) in [6, 6.07) is 11.6. The van der Waals surface area contributed by atoms with Gasteiger partial charge in [-0.25, -0.2) is 14.5 Å². The highest BCUT2D eigenvalue weighted by atomic mass is 35.5. The molecule has 0 saturated heterocycles. The standard InChI is InChI=1S/C21H18ClN5O3/c1-12-8-13(2)27(26-12)19-7-5-16(11-24-19)21(29)30-14(3)20(28)25-17-6-4-15(10-23)18(22)9-17/h4-9,11,14H,1-3H3,(H,25,28). The molecule has 0 aliphatic heterocycles. The molecule has 0 radical (unpaired) electrons. The van der Waals surface area contributed by atoms with Gasteiger partial charge in [-0.15, -0.1) is 0 Å². The maximum Gasteiger partial charge on any atom is 0.340 e. The molecule has 8 nitrogen and oxygen atoms in total. The van der Waals surface area contributed by atoms with Crippen LogP contribution in [0.3, 0.4) is 0 Å². The quantitative estimate of drug-likeness (QED) is 0.628. The summed E-state index contributed by atoms with van der Waals surface area (Å²) in [6.07, 6.45) is 0.321. The van der Waals surface area contributed by atoms with Crippen molar-refractivity contribution in [2.75, 3.05) is 5.32 Å². The van der Waals surface area contributed by atoms with E-state index in [0.29, 0.717) is 17.1 Å². The first-order chi connectivity index (χ1) is 14.3. The Hall–Kier alpha value is -3.70. The minimum Gasteiger partial charge on any atom is -0.449 e. The first kappa shape index (κ1) is 21.0. The molecule has 3 aromatic rings. The Morgan fingerprint density at radius 2 is 2.00 bits per heavy atom. The van der Waals surface area contributed by atoms with Crippen LogP contribution in [0, 0.1) is 25.2 Å². The lowest BCUT2D eigenvalue weighted by Crippen LogP contribution is -2.30. The predicted molar refractivity (Wildman–Crippen MR) is 111 cm³/mol. The molecule has 0 spiro atoms. The third-order valence-corrected chi connectivity index (χ3v) is 4.53. The van der Waals surface area contributed by atoms with E-state index >= 15 is 0 Å². The molecule has 0 aliphatic rings. The van der Waals surface area contributed by atoms with E-state index in [4.69, 9.17) is 21.6 Å². The molecular formula is C21H18ClN5O3. The van der Waals surface area contributed by atoms with E-state index in [1.807, 2.05) is 26.0 Å². The molecule has 9 heteroatoms. The lowest BCUT2D eigenvalue weighted by molar-refractivity contribution is -0.123. The number of carbonyl (C=O) groups excluding carboxylic acids is 2. The van der Waals surface area contributed by atoms with Crippen LogP contribution in [-0.2, 0) is 9.53 Å². The predicted octanol–water partition coefficient (Wildman–Crippen LogP) is 3.59. The molecule has 0 bridgehead atoms. The van der Waals surface area contributed by atoms with Crippen LogP contribution in [0.25, 0.3) is 5.82 Å². The molecule has 1 unspecified atom stereocenters. The van der Waals surface area contributed by atoms with Crippen LogP contribution in [0.5, 0.6) is 0 Å². The molecular weight excluding hydrogens is 406 g/mol. The second-order valence-electron chi connectivity index (χ2n) is 6.59. The average Bonchev–Trinajstić information content (AvgIpc) is 3.06. The second-order valence-corrected chi connectivity index (χ2v) is 6.99. The Bertz CT molecular complexity index is 1150. The van der Waals surface area contributed by atoms with Crippen molar-refractivity contribution in [3.8, 4) is 11.9 Å². The van der Waals surface area contributed by atoms with Gasteiger partial charge in [-0.1, -0.05) is 11.6 Å². The van der Waals surface area contributed by atoms with Crippen molar-refractivity contribution in [2.45, 2.75) is 26.9 Å². The second kappa shape index (κ2) is 8.76. The number of nitrogens with zero attached hydrogens (tertiary/aromatic N) is 4. The lowest BCUT2D eigenvalue weighted by atomic mass is 10.2. The van der Waals surface area contributed by atoms with Crippen molar-refractivity contribution in [1.82, 2.24) is 14.8 Å². The van der Waals surface area contributed by atoms with Gasteiger partial charge in [0.25, 0.3) is 5.91 Å². The van der Waals surface area contributed by atoms with Gasteiger partial charge in [-0.2, -0.15) is 10.4 Å². The normalized spacial score (nSPS) is 11.4. The number of aryl methyl sites for hydroxylation is 2. The zero-order valence-electron chi connectivity index (χ0n) is 16.5. The SMILES string of the molecule is Cc1cc(C)n(-c2ccc(C(=O)OC(C)C(=O)Nc3ccc(C#N)c(Cl)c3)cn2)n1. The Labute approximate surface area is 178 Å². The minimum atomic E-state index is -1.05. The summed E-state index contributed by atoms with van der Waals surface area (Å²) in [7, 11) is 0. The van der Waals surface area contributed by atoms with E-state index in [-0.39, 0.29) is 10.6 Å². The van der Waals surface area contributed by atoms with Gasteiger partial charge in [0.1, 0.15) is 6.07 Å². The van der Waals surface area contributed by atoms with E-state index in [1.54, 1.807) is 22.9 Å². The van der Waals surface area contributed by atoms with E-state index in [9.17, 15) is 9.59 Å². The van der Waals surface area contributed by atoms with Gasteiger partial charge in [-0.3, -0.25) is 4.79 Å². The molecule has 0 aliphatic carbocycles. The molecule has 3 rings (SSSR count). The number of esters is 1. The number of nitriles is 1. The third-order valence-electron chi connectivity index (χ3n) is 4.22. The number of nitrogens with one attached hydrogen (secondary N) is 1. The van der Waals surface area contributed by atoms with Gasteiger partial charge >= 0.3 is 5.97 Å². The number of hydrogen-bond donors (Lipinski definition) is 1. The van der Waals surface area contributed by atoms with Gasteiger partial charge in [0, 0.05) is 17.6 Å². The van der Waals surface area contributed by atoms with E-state index in [0.717, 1.165) is 11.4 Å². The smallest absolute Gasteiger partial charge is 0.340 e. The largest absolute Gasteiger partial charge is 0.449 e. The molecule has 1 N–H and O–H groups in total. The zero-order valence-corrected chi connectivity index (χ0v) is 17.3. The van der Waals surface area contributed by atoms with Crippen molar-refractivity contribution in [2.24, 2.45) is 0 Å². The van der Waals surface area contributed by atoms with Crippen LogP contribution < -0.4 is 5.32 Å². The highest BCUT2D eigenvalue weighted by molar-refractivity contribution is 6.32. The molecule has 1 atom stereocenters. The highest BCUT2D eigenvalue weighted by Gasteiger charge is 2.20. The molecule has 0 fully saturated rings. The number of carbonyl (C=O) groups is 2. The molecule has 2 heterocycles. The number of benzene rings is 1. The summed E-state index contributed by atoms with van der Waals surface area (Å²) < 4.78 is 6.89. The van der Waals surface area contributed by atoms with Gasteiger partial charge in [0.15, 0.2) is 11.9 Å². The molecule has 1 amide bonds. The summed E-state index contributed by atoms with van der Waals surface area (Å²) in [6.45, 7) is 5.24. The van der Waals surface area contributed by atoms with E-state index in [1.165, 1.54) is 25.3 Å². The lowest BCUT2D eigenvalue weighted by Gasteiger charge is -2.14. The number of ether oxygens (including phenoxy) is 1. The number of anilines is 1. The third kappa shape index (κ3) is 4.64. The van der Waals surface area contributed by atoms with Crippen molar-refractivity contribution in [1.29, 1.82) is 5.26 Å². The number of aromatic nitrogens is 3. The molecule has 30 heavy (non-hydrogen) atoms. The monoisotopic (exact) mass is 423 g/mol. The average molecular weight is 424 g/mol. The maximum atomic E-state index is 12.3. The van der Waals surface area contributed by atoms with Gasteiger partial charge in [0.05, 0.1) is 21.8 Å². The Kier molecular flexibility index (Phi) is 6.14. The highest BCUT2D eigenvalue weighted by Crippen LogP contribution is 2.20. The minimum absolute atomic E-state index is 0.210. The zero-order chi connectivity index (χ0) is 21.8. The molecule has 1 aromatic carbocycles. The van der Waals surface area contributed by atoms with E-state index < -0.39 is 18.0 Å². The number of hydrogen-bond acceptors (Lipinski definition) is 6. The van der Waals surface area contributed by atoms with Crippen LogP contribution in [0.1, 0.15) is 34.2 Å². The summed E-state index contributed by atoms with van der Waals surface area (Å²) in [4.78, 5) is 28.9. The van der Waals surface area contributed by atoms with Crippen molar-refractivity contribution < 1.29 is 14.3 Å². The Morgan fingerprint density at radius 3 is 2.57 bits per heavy atom. The summed E-state index contributed by atoms with van der Waals surface area (Å²) in [5, 5.41) is 16.0. The van der Waals surface area contributed by atoms with E-state index in [2.05, 4.69) is 15.4 Å². The first-order valence-corrected chi connectivity index (χ1v) is 9.37. The molecule has 152 valence electrons. The van der Waals surface area contributed by atoms with Crippen molar-refractivity contribution in [3.05, 3.63) is 70.1 Å². The number of rotatable bonds is 5. The Morgan fingerprint density at radius 1 is 1.23 bits per heavy atom. The fourth-order valence-electron chi connectivity index (χ4n) is 2.70. The van der Waals surface area contributed by atoms with Crippen molar-refractivity contribution >= 4 is 29.2 Å². The van der Waals surface area contributed by atoms with Gasteiger partial charge < -0.3 is 10.1 Å². The maximum absolute atomic E-state index is 12.3. The van der Waals surface area contributed by atoms with Gasteiger partial charge in [0.2, 0.25) is 0 Å². The number of halogens is 1. The summed E-state index contributed by atoms with van der Waals surface area (Å²) >= 11 is 5.95. The topological polar surface area (TPSA) is 110 Å². The fourth-order valence-corrected chi connectivity index (χ4v) is 2.93. The van der Waals surface area contributed by atoms with Crippen LogP contribution in [0.2, 0.25) is 5.02 Å². The van der Waals surface area contributed by atoms with Crippen LogP contribution in [0.4, 0.5) is 5.69 Å². The molecule has 0 saturated carbocycles. The summed E-state index contributed by atoms with van der Waals surface area (Å²) in [5.41, 5.74) is 2.68. The van der Waals surface area contributed by atoms with Crippen LogP contribution in [0.15, 0.2) is 42.6 Å². The number of pyridine rings is 1. The fraction of sp³-hybridized carbons (Fsp3) is 0.190. The van der Waals surface area contributed by atoms with Gasteiger partial charge in [-0.05, 0) is 57.2 Å². The van der Waals surface area contributed by atoms with Crippen molar-refractivity contribution in [3.63, 3.8) is 0 Å². The molecule has 2 aromatic heterocycles. The number of amides is 1. The van der Waals surface area contributed by atoms with Crippen LogP contribution in [-0.4, -0.2) is 32.7 Å². The Balaban J connectivity index is 1.63. The van der Waals surface area contributed by atoms with Crippen LogP contribution >= 0.6 is 11.6 Å². The first-order valence-electron chi connectivity index (χ1n) is 8.99. The summed E-state index contributed by atoms with van der Waals surface area (Å²) in [5.74, 6) is -0.639.